The maximum Gasteiger partial charge on any atom is 0.252 e. The molecule has 1 aromatic heterocycles. The molecular weight excluding hydrogens is 250 g/mol. The Hall–Kier alpha value is -2.36. The van der Waals surface area contributed by atoms with Crippen molar-refractivity contribution in [2.75, 3.05) is 11.9 Å². The first-order chi connectivity index (χ1) is 9.69. The van der Waals surface area contributed by atoms with Crippen LogP contribution >= 0.6 is 0 Å². The van der Waals surface area contributed by atoms with Gasteiger partial charge >= 0.3 is 0 Å². The molecule has 1 aromatic carbocycles. The summed E-state index contributed by atoms with van der Waals surface area (Å²) >= 11 is 0. The second-order valence-corrected chi connectivity index (χ2v) is 4.71. The molecule has 0 bridgehead atoms. The number of aryl methyl sites for hydroxylation is 1. The molecule has 0 saturated carbocycles. The molecule has 2 N–H and O–H groups in total. The highest BCUT2D eigenvalue weighted by atomic mass is 16.1. The van der Waals surface area contributed by atoms with Crippen molar-refractivity contribution in [1.82, 2.24) is 10.3 Å². The van der Waals surface area contributed by atoms with E-state index < -0.39 is 0 Å². The molecule has 104 valence electrons. The Balaban J connectivity index is 2.09. The average molecular weight is 269 g/mol. The molecule has 4 heteroatoms. The third kappa shape index (κ3) is 3.82. The highest BCUT2D eigenvalue weighted by Gasteiger charge is 2.06. The average Bonchev–Trinajstić information content (AvgIpc) is 2.47. The van der Waals surface area contributed by atoms with E-state index in [9.17, 15) is 4.79 Å². The first-order valence-electron chi connectivity index (χ1n) is 6.76. The molecule has 0 aliphatic heterocycles. The predicted octanol–water partition coefficient (Wildman–Crippen LogP) is 3.27. The van der Waals surface area contributed by atoms with Crippen LogP contribution in [0, 0.1) is 6.92 Å². The molecule has 2 rings (SSSR count). The van der Waals surface area contributed by atoms with Crippen molar-refractivity contribution in [1.29, 1.82) is 0 Å². The summed E-state index contributed by atoms with van der Waals surface area (Å²) in [5.74, 6) is -0.0908. The van der Waals surface area contributed by atoms with Gasteiger partial charge in [0, 0.05) is 18.4 Å². The van der Waals surface area contributed by atoms with Crippen LogP contribution in [0.4, 0.5) is 11.4 Å². The van der Waals surface area contributed by atoms with Gasteiger partial charge in [-0.3, -0.25) is 9.78 Å². The highest BCUT2D eigenvalue weighted by molar-refractivity contribution is 5.94. The number of carbonyl (C=O) groups excluding carboxylic acids is 1. The maximum atomic E-state index is 11.9. The van der Waals surface area contributed by atoms with Crippen molar-refractivity contribution < 1.29 is 4.79 Å². The number of amides is 1. The second kappa shape index (κ2) is 6.70. The summed E-state index contributed by atoms with van der Waals surface area (Å²) in [6.45, 7) is 4.74. The van der Waals surface area contributed by atoms with Gasteiger partial charge in [-0.25, -0.2) is 0 Å². The van der Waals surface area contributed by atoms with E-state index in [0.717, 1.165) is 17.8 Å². The third-order valence-electron chi connectivity index (χ3n) is 2.88. The van der Waals surface area contributed by atoms with Crippen LogP contribution in [0.5, 0.6) is 0 Å². The Morgan fingerprint density at radius 1 is 1.15 bits per heavy atom. The molecular formula is C16H19N3O. The molecule has 0 unspecified atom stereocenters. The molecule has 0 radical (unpaired) electrons. The summed E-state index contributed by atoms with van der Waals surface area (Å²) in [7, 11) is 0. The van der Waals surface area contributed by atoms with Gasteiger partial charge in [-0.2, -0.15) is 0 Å². The number of pyridine rings is 1. The number of aromatic nitrogens is 1. The van der Waals surface area contributed by atoms with Crippen molar-refractivity contribution in [3.63, 3.8) is 0 Å². The molecule has 0 spiro atoms. The molecule has 0 saturated heterocycles. The standard InChI is InChI=1S/C16H19N3O/c1-3-8-18-16(20)13-9-15(11-17-10-13)19-14-6-4-12(2)5-7-14/h4-7,9-11,19H,3,8H2,1-2H3,(H,18,20). The van der Waals surface area contributed by atoms with Gasteiger partial charge in [-0.1, -0.05) is 24.6 Å². The number of carbonyl (C=O) groups is 1. The summed E-state index contributed by atoms with van der Waals surface area (Å²) < 4.78 is 0. The zero-order valence-corrected chi connectivity index (χ0v) is 11.8. The fourth-order valence-electron chi connectivity index (χ4n) is 1.78. The minimum absolute atomic E-state index is 0.0908. The van der Waals surface area contributed by atoms with Crippen LogP contribution in [-0.4, -0.2) is 17.4 Å². The number of anilines is 2. The normalized spacial score (nSPS) is 10.1. The monoisotopic (exact) mass is 269 g/mol. The smallest absolute Gasteiger partial charge is 0.252 e. The fourth-order valence-corrected chi connectivity index (χ4v) is 1.78. The molecule has 4 nitrogen and oxygen atoms in total. The van der Waals surface area contributed by atoms with Gasteiger partial charge < -0.3 is 10.6 Å². The van der Waals surface area contributed by atoms with E-state index in [1.54, 1.807) is 18.5 Å². The highest BCUT2D eigenvalue weighted by Crippen LogP contribution is 2.17. The fraction of sp³-hybridized carbons (Fsp3) is 0.250. The first-order valence-corrected chi connectivity index (χ1v) is 6.76. The van der Waals surface area contributed by atoms with Crippen molar-refractivity contribution in [2.45, 2.75) is 20.3 Å². The largest absolute Gasteiger partial charge is 0.354 e. The minimum Gasteiger partial charge on any atom is -0.354 e. The van der Waals surface area contributed by atoms with E-state index >= 15 is 0 Å². The number of rotatable bonds is 5. The molecule has 1 heterocycles. The van der Waals surface area contributed by atoms with Gasteiger partial charge in [-0.05, 0) is 31.5 Å². The topological polar surface area (TPSA) is 54.0 Å². The van der Waals surface area contributed by atoms with E-state index in [4.69, 9.17) is 0 Å². The van der Waals surface area contributed by atoms with Gasteiger partial charge in [0.05, 0.1) is 17.4 Å². The lowest BCUT2D eigenvalue weighted by Crippen LogP contribution is -2.24. The van der Waals surface area contributed by atoms with Crippen LogP contribution in [-0.2, 0) is 0 Å². The summed E-state index contributed by atoms with van der Waals surface area (Å²) in [6, 6.07) is 9.87. The van der Waals surface area contributed by atoms with Crippen molar-refractivity contribution in [3.8, 4) is 0 Å². The number of nitrogens with one attached hydrogen (secondary N) is 2. The Labute approximate surface area is 119 Å². The SMILES string of the molecule is CCCNC(=O)c1cncc(Nc2ccc(C)cc2)c1. The Morgan fingerprint density at radius 3 is 2.60 bits per heavy atom. The van der Waals surface area contributed by atoms with E-state index in [1.165, 1.54) is 5.56 Å². The van der Waals surface area contributed by atoms with E-state index in [1.807, 2.05) is 38.1 Å². The Morgan fingerprint density at radius 2 is 1.90 bits per heavy atom. The van der Waals surface area contributed by atoms with E-state index in [0.29, 0.717) is 12.1 Å². The summed E-state index contributed by atoms with van der Waals surface area (Å²) in [6.07, 6.45) is 4.20. The van der Waals surface area contributed by atoms with Crippen LogP contribution in [0.25, 0.3) is 0 Å². The molecule has 0 aliphatic rings. The lowest BCUT2D eigenvalue weighted by molar-refractivity contribution is 0.0953. The van der Waals surface area contributed by atoms with Gasteiger partial charge in [0.1, 0.15) is 0 Å². The van der Waals surface area contributed by atoms with Crippen molar-refractivity contribution >= 4 is 17.3 Å². The van der Waals surface area contributed by atoms with Crippen LogP contribution in [0.15, 0.2) is 42.7 Å². The number of benzene rings is 1. The molecule has 0 atom stereocenters. The summed E-state index contributed by atoms with van der Waals surface area (Å²) in [5, 5.41) is 6.08. The molecule has 1 amide bonds. The van der Waals surface area contributed by atoms with Crippen molar-refractivity contribution in [3.05, 3.63) is 53.9 Å². The van der Waals surface area contributed by atoms with Crippen molar-refractivity contribution in [2.24, 2.45) is 0 Å². The van der Waals surface area contributed by atoms with Gasteiger partial charge in [0.2, 0.25) is 0 Å². The summed E-state index contributed by atoms with van der Waals surface area (Å²) in [4.78, 5) is 16.0. The van der Waals surface area contributed by atoms with Gasteiger partial charge in [-0.15, -0.1) is 0 Å². The van der Waals surface area contributed by atoms with Crippen LogP contribution < -0.4 is 10.6 Å². The van der Waals surface area contributed by atoms with Crippen LogP contribution in [0.3, 0.4) is 0 Å². The zero-order chi connectivity index (χ0) is 14.4. The summed E-state index contributed by atoms with van der Waals surface area (Å²) in [5.41, 5.74) is 3.55. The lowest BCUT2D eigenvalue weighted by atomic mass is 10.2. The Kier molecular flexibility index (Phi) is 4.71. The van der Waals surface area contributed by atoms with E-state index in [2.05, 4.69) is 15.6 Å². The zero-order valence-electron chi connectivity index (χ0n) is 11.8. The Bertz CT molecular complexity index is 579. The van der Waals surface area contributed by atoms with E-state index in [-0.39, 0.29) is 5.91 Å². The molecule has 0 fully saturated rings. The van der Waals surface area contributed by atoms with Crippen LogP contribution in [0.1, 0.15) is 29.3 Å². The first kappa shape index (κ1) is 14.1. The van der Waals surface area contributed by atoms with Crippen LogP contribution in [0.2, 0.25) is 0 Å². The van der Waals surface area contributed by atoms with Gasteiger partial charge in [0.15, 0.2) is 0 Å². The molecule has 2 aromatic rings. The second-order valence-electron chi connectivity index (χ2n) is 4.71. The number of hydrogen-bond donors (Lipinski definition) is 2. The number of hydrogen-bond acceptors (Lipinski definition) is 3. The minimum atomic E-state index is -0.0908. The molecule has 20 heavy (non-hydrogen) atoms. The predicted molar refractivity (Wildman–Crippen MR) is 81.3 cm³/mol. The maximum absolute atomic E-state index is 11.9. The number of nitrogens with zero attached hydrogens (tertiary/aromatic N) is 1. The lowest BCUT2D eigenvalue weighted by Gasteiger charge is -2.08. The quantitative estimate of drug-likeness (QED) is 0.876. The third-order valence-corrected chi connectivity index (χ3v) is 2.88. The molecule has 0 aliphatic carbocycles. The van der Waals surface area contributed by atoms with Gasteiger partial charge in [0.25, 0.3) is 5.91 Å².